The second-order valence-corrected chi connectivity index (χ2v) is 8.14. The number of methoxy groups -OCH3 is 1. The fraction of sp³-hybridized carbons (Fsp3) is 0.0952. The molecule has 2 aromatic carbocycles. The summed E-state index contributed by atoms with van der Waals surface area (Å²) in [5.41, 5.74) is 4.16. The number of hydrazone groups is 1. The van der Waals surface area contributed by atoms with Crippen molar-refractivity contribution in [3.05, 3.63) is 85.0 Å². The summed E-state index contributed by atoms with van der Waals surface area (Å²) in [6.45, 7) is 0.265. The third kappa shape index (κ3) is 6.11. The van der Waals surface area contributed by atoms with E-state index in [1.165, 1.54) is 19.5 Å². The Kier molecular flexibility index (Phi) is 8.15. The van der Waals surface area contributed by atoms with Gasteiger partial charge in [-0.3, -0.25) is 4.79 Å². The van der Waals surface area contributed by atoms with Gasteiger partial charge >= 0.3 is 0 Å². The van der Waals surface area contributed by atoms with Gasteiger partial charge in [-0.05, 0) is 63.5 Å². The quantitative estimate of drug-likeness (QED) is 0.220. The van der Waals surface area contributed by atoms with Gasteiger partial charge in [-0.15, -0.1) is 0 Å². The van der Waals surface area contributed by atoms with Crippen molar-refractivity contribution < 1.29 is 14.3 Å². The Morgan fingerprint density at radius 3 is 2.71 bits per heavy atom. The first-order valence-electron chi connectivity index (χ1n) is 8.77. The summed E-state index contributed by atoms with van der Waals surface area (Å²) < 4.78 is 12.0. The van der Waals surface area contributed by atoms with Crippen molar-refractivity contribution in [1.82, 2.24) is 10.4 Å². The first-order valence-corrected chi connectivity index (χ1v) is 10.7. The van der Waals surface area contributed by atoms with Crippen LogP contribution in [0.5, 0.6) is 11.5 Å². The smallest absolute Gasteiger partial charge is 0.274 e. The minimum Gasteiger partial charge on any atom is -0.493 e. The fourth-order valence-electron chi connectivity index (χ4n) is 2.52. The van der Waals surface area contributed by atoms with Crippen LogP contribution in [0.4, 0.5) is 0 Å². The van der Waals surface area contributed by atoms with Crippen LogP contribution < -0.4 is 14.9 Å². The Balaban J connectivity index is 1.71. The zero-order valence-electron chi connectivity index (χ0n) is 16.0. The van der Waals surface area contributed by atoms with Crippen LogP contribution in [0.2, 0.25) is 15.2 Å². The van der Waals surface area contributed by atoms with E-state index in [-0.39, 0.29) is 17.3 Å². The predicted molar refractivity (Wildman–Crippen MR) is 126 cm³/mol. The number of aromatic nitrogens is 1. The number of nitrogens with one attached hydrogen (secondary N) is 1. The SMILES string of the molecule is COc1cc(C=NNC(=O)c2cccnc2Cl)cc(Br)c1OCc1ccc(Cl)c(Cl)c1. The van der Waals surface area contributed by atoms with Crippen LogP contribution in [0.3, 0.4) is 0 Å². The number of ether oxygens (including phenoxy) is 2. The molecule has 160 valence electrons. The third-order valence-electron chi connectivity index (χ3n) is 4.00. The standard InChI is InChI=1S/C21H15BrCl3N3O3/c1-30-18-9-13(10-27-28-21(29)14-3-2-6-26-20(14)25)7-15(22)19(18)31-11-12-4-5-16(23)17(24)8-12/h2-10H,11H2,1H3,(H,28,29). The molecule has 1 amide bonds. The lowest BCUT2D eigenvalue weighted by Gasteiger charge is -2.14. The summed E-state index contributed by atoms with van der Waals surface area (Å²) in [4.78, 5) is 16.0. The largest absolute Gasteiger partial charge is 0.493 e. The molecule has 1 heterocycles. The summed E-state index contributed by atoms with van der Waals surface area (Å²) in [6, 6.07) is 11.9. The van der Waals surface area contributed by atoms with Crippen LogP contribution >= 0.6 is 50.7 Å². The normalized spacial score (nSPS) is 10.9. The maximum absolute atomic E-state index is 12.1. The Hall–Kier alpha value is -2.32. The minimum atomic E-state index is -0.470. The molecule has 0 fully saturated rings. The number of nitrogens with zero attached hydrogens (tertiary/aromatic N) is 2. The number of benzene rings is 2. The van der Waals surface area contributed by atoms with Crippen LogP contribution in [-0.2, 0) is 6.61 Å². The van der Waals surface area contributed by atoms with Crippen LogP contribution in [0.25, 0.3) is 0 Å². The van der Waals surface area contributed by atoms with E-state index >= 15 is 0 Å². The van der Waals surface area contributed by atoms with E-state index in [2.05, 4.69) is 31.4 Å². The molecule has 0 aliphatic heterocycles. The van der Waals surface area contributed by atoms with E-state index in [1.807, 2.05) is 6.07 Å². The molecule has 0 saturated carbocycles. The number of carbonyl (C=O) groups excluding carboxylic acids is 1. The minimum absolute atomic E-state index is 0.100. The molecule has 31 heavy (non-hydrogen) atoms. The highest BCUT2D eigenvalue weighted by Crippen LogP contribution is 2.37. The molecule has 1 aromatic heterocycles. The number of carbonyl (C=O) groups is 1. The average Bonchev–Trinajstić information content (AvgIpc) is 2.75. The number of amides is 1. The van der Waals surface area contributed by atoms with Gasteiger partial charge in [0.1, 0.15) is 11.8 Å². The van der Waals surface area contributed by atoms with Gasteiger partial charge in [-0.25, -0.2) is 10.4 Å². The van der Waals surface area contributed by atoms with E-state index < -0.39 is 5.91 Å². The number of hydrogen-bond donors (Lipinski definition) is 1. The van der Waals surface area contributed by atoms with Gasteiger partial charge in [0.2, 0.25) is 0 Å². The van der Waals surface area contributed by atoms with E-state index in [9.17, 15) is 4.79 Å². The molecular weight excluding hydrogens is 529 g/mol. The summed E-state index contributed by atoms with van der Waals surface area (Å²) in [7, 11) is 1.53. The molecule has 0 bridgehead atoms. The summed E-state index contributed by atoms with van der Waals surface area (Å²) in [5, 5.41) is 4.99. The first-order chi connectivity index (χ1) is 14.9. The fourth-order valence-corrected chi connectivity index (χ4v) is 3.62. The molecule has 0 saturated heterocycles. The maximum Gasteiger partial charge on any atom is 0.274 e. The lowest BCUT2D eigenvalue weighted by Crippen LogP contribution is -2.18. The Morgan fingerprint density at radius 2 is 2.00 bits per heavy atom. The van der Waals surface area contributed by atoms with Gasteiger partial charge in [-0.1, -0.05) is 40.9 Å². The number of rotatable bonds is 7. The Labute approximate surface area is 202 Å². The first kappa shape index (κ1) is 23.3. The number of halogens is 4. The zero-order chi connectivity index (χ0) is 22.4. The van der Waals surface area contributed by atoms with Gasteiger partial charge < -0.3 is 9.47 Å². The molecular formula is C21H15BrCl3N3O3. The molecule has 0 aliphatic rings. The van der Waals surface area contributed by atoms with Crippen molar-refractivity contribution in [3.63, 3.8) is 0 Å². The van der Waals surface area contributed by atoms with Gasteiger partial charge in [0, 0.05) is 6.20 Å². The summed E-state index contributed by atoms with van der Waals surface area (Å²) in [5.74, 6) is 0.524. The predicted octanol–water partition coefficient (Wildman–Crippen LogP) is 6.16. The highest BCUT2D eigenvalue weighted by molar-refractivity contribution is 9.10. The molecule has 0 radical (unpaired) electrons. The van der Waals surface area contributed by atoms with E-state index in [4.69, 9.17) is 44.3 Å². The zero-order valence-corrected chi connectivity index (χ0v) is 19.9. The molecule has 0 unspecified atom stereocenters. The maximum atomic E-state index is 12.1. The van der Waals surface area contributed by atoms with Gasteiger partial charge in [-0.2, -0.15) is 5.10 Å². The molecule has 3 aromatic rings. The number of hydrogen-bond acceptors (Lipinski definition) is 5. The van der Waals surface area contributed by atoms with E-state index in [1.54, 1.807) is 36.4 Å². The van der Waals surface area contributed by atoms with Crippen LogP contribution in [0.1, 0.15) is 21.5 Å². The molecule has 0 atom stereocenters. The summed E-state index contributed by atoms with van der Waals surface area (Å²) in [6.07, 6.45) is 2.97. The molecule has 6 nitrogen and oxygen atoms in total. The highest BCUT2D eigenvalue weighted by Gasteiger charge is 2.13. The van der Waals surface area contributed by atoms with Gasteiger partial charge in [0.15, 0.2) is 11.5 Å². The molecule has 0 aliphatic carbocycles. The molecule has 3 rings (SSSR count). The second-order valence-electron chi connectivity index (χ2n) is 6.11. The van der Waals surface area contributed by atoms with Crippen molar-refractivity contribution >= 4 is 62.9 Å². The van der Waals surface area contributed by atoms with Crippen molar-refractivity contribution in [1.29, 1.82) is 0 Å². The van der Waals surface area contributed by atoms with Gasteiger partial charge in [0.05, 0.1) is 33.4 Å². The van der Waals surface area contributed by atoms with E-state index in [0.717, 1.165) is 5.56 Å². The molecule has 0 spiro atoms. The van der Waals surface area contributed by atoms with Crippen molar-refractivity contribution in [2.75, 3.05) is 7.11 Å². The average molecular weight is 544 g/mol. The lowest BCUT2D eigenvalue weighted by molar-refractivity contribution is 0.0955. The lowest BCUT2D eigenvalue weighted by atomic mass is 10.2. The Bertz CT molecular complexity index is 1140. The van der Waals surface area contributed by atoms with Crippen LogP contribution in [0, 0.1) is 0 Å². The molecule has 10 heteroatoms. The summed E-state index contributed by atoms with van der Waals surface area (Å²) >= 11 is 21.4. The van der Waals surface area contributed by atoms with Crippen molar-refractivity contribution in [3.8, 4) is 11.5 Å². The Morgan fingerprint density at radius 1 is 1.19 bits per heavy atom. The number of pyridine rings is 1. The highest BCUT2D eigenvalue weighted by atomic mass is 79.9. The topological polar surface area (TPSA) is 72.8 Å². The molecule has 1 N–H and O–H groups in total. The van der Waals surface area contributed by atoms with Crippen molar-refractivity contribution in [2.24, 2.45) is 5.10 Å². The second kappa shape index (κ2) is 10.8. The van der Waals surface area contributed by atoms with Crippen molar-refractivity contribution in [2.45, 2.75) is 6.61 Å². The van der Waals surface area contributed by atoms with Gasteiger partial charge in [0.25, 0.3) is 5.91 Å². The third-order valence-corrected chi connectivity index (χ3v) is 5.63. The van der Waals surface area contributed by atoms with Crippen LogP contribution in [0.15, 0.2) is 58.2 Å². The monoisotopic (exact) mass is 541 g/mol. The van der Waals surface area contributed by atoms with Crippen LogP contribution in [-0.4, -0.2) is 24.2 Å². The van der Waals surface area contributed by atoms with E-state index in [0.29, 0.717) is 31.6 Å².